The minimum absolute atomic E-state index is 0.0207. The Morgan fingerprint density at radius 2 is 0.881 bits per heavy atom. The molecule has 0 atom stereocenters. The smallest absolute Gasteiger partial charge is 0.330 e. The predicted molar refractivity (Wildman–Crippen MR) is 156 cm³/mol. The van der Waals surface area contributed by atoms with Crippen LogP contribution in [0.15, 0.2) is 105 Å². The largest absolute Gasteiger partial charge is 0.462 e. The summed E-state index contributed by atoms with van der Waals surface area (Å²) in [4.78, 5) is 58.8. The van der Waals surface area contributed by atoms with Gasteiger partial charge in [-0.25, -0.2) is 19.2 Å². The maximum absolute atomic E-state index is 12.8. The summed E-state index contributed by atoms with van der Waals surface area (Å²) in [5.41, 5.74) is 2.62. The molecule has 0 saturated carbocycles. The number of ether oxygens (including phenoxy) is 4. The molecule has 42 heavy (non-hydrogen) atoms. The zero-order chi connectivity index (χ0) is 30.9. The quantitative estimate of drug-likeness (QED) is 0.115. The number of ketones is 1. The van der Waals surface area contributed by atoms with E-state index in [-0.39, 0.29) is 32.2 Å². The van der Waals surface area contributed by atoms with E-state index in [2.05, 4.69) is 26.3 Å². The second-order valence-electron chi connectivity index (χ2n) is 8.72. The molecular formula is C33H32O9. The van der Waals surface area contributed by atoms with Crippen molar-refractivity contribution in [3.63, 3.8) is 0 Å². The maximum atomic E-state index is 12.8. The summed E-state index contributed by atoms with van der Waals surface area (Å²) in [6, 6.07) is 13.8. The number of hydrogen-bond donors (Lipinski definition) is 0. The Balaban J connectivity index is 2.10. The predicted octanol–water partition coefficient (Wildman–Crippen LogP) is 4.67. The molecule has 0 amide bonds. The first kappa shape index (κ1) is 32.9. The van der Waals surface area contributed by atoms with Gasteiger partial charge in [-0.2, -0.15) is 0 Å². The lowest BCUT2D eigenvalue weighted by atomic mass is 9.97. The van der Waals surface area contributed by atoms with Crippen molar-refractivity contribution in [2.45, 2.75) is 11.8 Å². The molecule has 0 radical (unpaired) electrons. The van der Waals surface area contributed by atoms with Crippen LogP contribution in [0.4, 0.5) is 0 Å². The van der Waals surface area contributed by atoms with Gasteiger partial charge in [0.25, 0.3) is 0 Å². The van der Waals surface area contributed by atoms with Crippen LogP contribution in [-0.2, 0) is 38.1 Å². The molecule has 0 unspecified atom stereocenters. The van der Waals surface area contributed by atoms with Crippen molar-refractivity contribution in [1.29, 1.82) is 0 Å². The van der Waals surface area contributed by atoms with Gasteiger partial charge in [0.1, 0.15) is 26.4 Å². The molecule has 0 aliphatic heterocycles. The third-order valence-electron chi connectivity index (χ3n) is 5.88. The van der Waals surface area contributed by atoms with Crippen LogP contribution < -0.4 is 0 Å². The molecule has 0 bridgehead atoms. The maximum Gasteiger partial charge on any atom is 0.330 e. The van der Waals surface area contributed by atoms with E-state index in [1.165, 1.54) is 6.08 Å². The lowest BCUT2D eigenvalue weighted by Gasteiger charge is -2.17. The molecule has 2 aromatic carbocycles. The zero-order valence-electron chi connectivity index (χ0n) is 23.1. The van der Waals surface area contributed by atoms with Crippen molar-refractivity contribution in [2.24, 2.45) is 0 Å². The van der Waals surface area contributed by atoms with Crippen LogP contribution in [0.1, 0.15) is 38.9 Å². The molecule has 0 heterocycles. The molecule has 0 aliphatic carbocycles. The Bertz CT molecular complexity index is 1290. The van der Waals surface area contributed by atoms with E-state index in [1.807, 2.05) is 0 Å². The molecule has 0 fully saturated rings. The third-order valence-corrected chi connectivity index (χ3v) is 5.88. The summed E-state index contributed by atoms with van der Waals surface area (Å²) in [7, 11) is 0. The van der Waals surface area contributed by atoms with E-state index in [1.54, 1.807) is 54.6 Å². The first-order chi connectivity index (χ1) is 20.2. The van der Waals surface area contributed by atoms with E-state index in [4.69, 9.17) is 18.9 Å². The van der Waals surface area contributed by atoms with Crippen LogP contribution >= 0.6 is 0 Å². The molecule has 0 N–H and O–H groups in total. The van der Waals surface area contributed by atoms with Crippen molar-refractivity contribution in [3.8, 4) is 0 Å². The van der Waals surface area contributed by atoms with E-state index in [9.17, 15) is 24.0 Å². The van der Waals surface area contributed by atoms with Gasteiger partial charge in [-0.3, -0.25) is 4.79 Å². The monoisotopic (exact) mass is 572 g/mol. The van der Waals surface area contributed by atoms with Crippen molar-refractivity contribution in [1.82, 2.24) is 0 Å². The summed E-state index contributed by atoms with van der Waals surface area (Å²) in [5.74, 6) is -3.52. The van der Waals surface area contributed by atoms with E-state index in [0.29, 0.717) is 11.1 Å². The van der Waals surface area contributed by atoms with Gasteiger partial charge < -0.3 is 18.9 Å². The molecular weight excluding hydrogens is 540 g/mol. The first-order valence-corrected chi connectivity index (χ1v) is 12.8. The van der Waals surface area contributed by atoms with Crippen LogP contribution in [-0.4, -0.2) is 56.1 Å². The minimum Gasteiger partial charge on any atom is -0.462 e. The fraction of sp³-hybridized carbons (Fsp3) is 0.182. The fourth-order valence-electron chi connectivity index (χ4n) is 3.51. The number of carbonyl (C=O) groups excluding carboxylic acids is 5. The number of benzene rings is 2. The second kappa shape index (κ2) is 17.4. The summed E-state index contributed by atoms with van der Waals surface area (Å²) in [6.07, 6.45) is 7.24. The highest BCUT2D eigenvalue weighted by Crippen LogP contribution is 2.21. The van der Waals surface area contributed by atoms with Crippen LogP contribution in [0.2, 0.25) is 0 Å². The number of hydrogen-bond acceptors (Lipinski definition) is 9. The Morgan fingerprint density at radius 1 is 0.548 bits per heavy atom. The highest BCUT2D eigenvalue weighted by molar-refractivity contribution is 6.06. The summed E-state index contributed by atoms with van der Waals surface area (Å²) in [5, 5.41) is 0. The van der Waals surface area contributed by atoms with Gasteiger partial charge in [-0.1, -0.05) is 80.9 Å². The van der Waals surface area contributed by atoms with Crippen molar-refractivity contribution < 1.29 is 42.9 Å². The summed E-state index contributed by atoms with van der Waals surface area (Å²) < 4.78 is 20.5. The lowest BCUT2D eigenvalue weighted by molar-refractivity contribution is -0.143. The normalized spacial score (nSPS) is 10.5. The molecule has 0 aliphatic rings. The van der Waals surface area contributed by atoms with Crippen LogP contribution in [0.5, 0.6) is 0 Å². The summed E-state index contributed by atoms with van der Waals surface area (Å²) in [6.45, 7) is 13.3. The van der Waals surface area contributed by atoms with E-state index in [0.717, 1.165) is 35.4 Å². The molecule has 2 rings (SSSR count). The highest BCUT2D eigenvalue weighted by Gasteiger charge is 2.18. The molecule has 9 nitrogen and oxygen atoms in total. The number of carbonyl (C=O) groups is 5. The van der Waals surface area contributed by atoms with Gasteiger partial charge in [0.15, 0.2) is 5.78 Å². The number of rotatable bonds is 17. The first-order valence-electron chi connectivity index (χ1n) is 12.8. The summed E-state index contributed by atoms with van der Waals surface area (Å²) >= 11 is 0. The van der Waals surface area contributed by atoms with E-state index >= 15 is 0 Å². The number of esters is 4. The minimum atomic E-state index is -0.609. The molecule has 0 saturated heterocycles. The SMILES string of the molecule is C=CC(=O)OCC(COC(=O)C=C)c1ccc(/C=C/C(=O)c2ccc(C(COC(=O)C=C)COC(=O)C=C)cc2)cc1. The Kier molecular flexibility index (Phi) is 13.6. The van der Waals surface area contributed by atoms with Gasteiger partial charge in [0.05, 0.1) is 11.8 Å². The van der Waals surface area contributed by atoms with Gasteiger partial charge >= 0.3 is 23.9 Å². The average molecular weight is 573 g/mol. The van der Waals surface area contributed by atoms with Gasteiger partial charge in [-0.05, 0) is 22.8 Å². The van der Waals surface area contributed by atoms with Gasteiger partial charge in [-0.15, -0.1) is 0 Å². The van der Waals surface area contributed by atoms with Gasteiger partial charge in [0, 0.05) is 29.9 Å². The van der Waals surface area contributed by atoms with Gasteiger partial charge in [0.2, 0.25) is 0 Å². The van der Waals surface area contributed by atoms with Crippen LogP contribution in [0.25, 0.3) is 6.08 Å². The Hall–Kier alpha value is -5.31. The third kappa shape index (κ3) is 11.1. The lowest BCUT2D eigenvalue weighted by Crippen LogP contribution is -2.18. The Morgan fingerprint density at radius 3 is 1.21 bits per heavy atom. The molecule has 0 aromatic heterocycles. The zero-order valence-corrected chi connectivity index (χ0v) is 23.1. The standard InChI is InChI=1S/C33H32O9/c1-5-30(35)39-19-27(20-40-31(36)6-2)24-12-9-23(10-13-24)11-18-29(34)26-16-14-25(15-17-26)28(21-41-32(37)7-3)22-42-33(38)8-4/h5-18,27-28H,1-4,19-22H2/b18-11+. The molecule has 2 aromatic rings. The topological polar surface area (TPSA) is 122 Å². The molecule has 218 valence electrons. The highest BCUT2D eigenvalue weighted by atomic mass is 16.6. The van der Waals surface area contributed by atoms with Crippen molar-refractivity contribution in [3.05, 3.63) is 127 Å². The number of allylic oxidation sites excluding steroid dienone is 1. The molecule has 9 heteroatoms. The van der Waals surface area contributed by atoms with E-state index < -0.39 is 35.7 Å². The Labute approximate surface area is 244 Å². The average Bonchev–Trinajstić information content (AvgIpc) is 3.03. The second-order valence-corrected chi connectivity index (χ2v) is 8.72. The van der Waals surface area contributed by atoms with Crippen LogP contribution in [0, 0.1) is 0 Å². The van der Waals surface area contributed by atoms with Crippen molar-refractivity contribution >= 4 is 35.7 Å². The molecule has 0 spiro atoms. The van der Waals surface area contributed by atoms with Crippen LogP contribution in [0.3, 0.4) is 0 Å². The fourth-order valence-corrected chi connectivity index (χ4v) is 3.51. The van der Waals surface area contributed by atoms with Crippen molar-refractivity contribution in [2.75, 3.05) is 26.4 Å².